The summed E-state index contributed by atoms with van der Waals surface area (Å²) in [5.41, 5.74) is 1.01. The van der Waals surface area contributed by atoms with Crippen molar-refractivity contribution in [3.8, 4) is 5.75 Å². The largest absolute Gasteiger partial charge is 0.494 e. The number of hydrogen-bond donors (Lipinski definition) is 0. The zero-order chi connectivity index (χ0) is 17.2. The van der Waals surface area contributed by atoms with Gasteiger partial charge in [-0.1, -0.05) is 30.4 Å². The standard InChI is InChI=1S/C19H30N2O2/c1-6-21(15-16(2)3)19(22)17(4)20(5)13-10-14-23-18-11-8-7-9-12-18/h7-9,11-12,17H,2,6,10,13-15H2,1,3-5H3. The van der Waals surface area contributed by atoms with Gasteiger partial charge in [0.25, 0.3) is 0 Å². The summed E-state index contributed by atoms with van der Waals surface area (Å²) in [6, 6.07) is 9.66. The molecular formula is C19H30N2O2. The number of ether oxygens (including phenoxy) is 1. The molecule has 4 nitrogen and oxygen atoms in total. The fourth-order valence-electron chi connectivity index (χ4n) is 2.34. The smallest absolute Gasteiger partial charge is 0.239 e. The second kappa shape index (κ2) is 10.1. The highest BCUT2D eigenvalue weighted by Crippen LogP contribution is 2.09. The third-order valence-electron chi connectivity index (χ3n) is 3.84. The molecule has 0 aromatic heterocycles. The Balaban J connectivity index is 2.36. The van der Waals surface area contributed by atoms with Crippen LogP contribution in [-0.4, -0.2) is 55.0 Å². The number of para-hydroxylation sites is 1. The Bertz CT molecular complexity index is 487. The Labute approximate surface area is 140 Å². The molecule has 1 aromatic rings. The Morgan fingerprint density at radius 3 is 2.52 bits per heavy atom. The van der Waals surface area contributed by atoms with Crippen LogP contribution >= 0.6 is 0 Å². The van der Waals surface area contributed by atoms with E-state index in [4.69, 9.17) is 4.74 Å². The van der Waals surface area contributed by atoms with Crippen LogP contribution in [0.4, 0.5) is 0 Å². The average molecular weight is 318 g/mol. The number of rotatable bonds is 10. The van der Waals surface area contributed by atoms with Crippen molar-refractivity contribution in [2.24, 2.45) is 0 Å². The molecule has 0 heterocycles. The van der Waals surface area contributed by atoms with Crippen molar-refractivity contribution in [2.75, 3.05) is 33.3 Å². The monoisotopic (exact) mass is 318 g/mol. The second-order valence-electron chi connectivity index (χ2n) is 5.98. The molecule has 1 atom stereocenters. The van der Waals surface area contributed by atoms with Crippen LogP contribution < -0.4 is 4.74 Å². The van der Waals surface area contributed by atoms with Gasteiger partial charge in [0.15, 0.2) is 0 Å². The van der Waals surface area contributed by atoms with Crippen LogP contribution in [0.2, 0.25) is 0 Å². The molecule has 0 spiro atoms. The van der Waals surface area contributed by atoms with Gasteiger partial charge in [0.05, 0.1) is 12.6 Å². The molecule has 0 fully saturated rings. The first-order valence-corrected chi connectivity index (χ1v) is 8.27. The molecule has 0 saturated heterocycles. The highest BCUT2D eigenvalue weighted by molar-refractivity contribution is 5.81. The van der Waals surface area contributed by atoms with Crippen molar-refractivity contribution in [3.05, 3.63) is 42.5 Å². The topological polar surface area (TPSA) is 32.8 Å². The predicted molar refractivity (Wildman–Crippen MR) is 95.7 cm³/mol. The average Bonchev–Trinajstić information content (AvgIpc) is 2.55. The van der Waals surface area contributed by atoms with E-state index in [2.05, 4.69) is 11.5 Å². The minimum Gasteiger partial charge on any atom is -0.494 e. The third kappa shape index (κ3) is 6.87. The minimum absolute atomic E-state index is 0.133. The van der Waals surface area contributed by atoms with Crippen LogP contribution in [0.15, 0.2) is 42.5 Å². The number of carbonyl (C=O) groups is 1. The van der Waals surface area contributed by atoms with Gasteiger partial charge in [0, 0.05) is 19.6 Å². The number of nitrogens with zero attached hydrogens (tertiary/aromatic N) is 2. The van der Waals surface area contributed by atoms with E-state index in [1.165, 1.54) is 0 Å². The van der Waals surface area contributed by atoms with Crippen LogP contribution in [0.3, 0.4) is 0 Å². The van der Waals surface area contributed by atoms with Crippen molar-refractivity contribution in [3.63, 3.8) is 0 Å². The number of hydrogen-bond acceptors (Lipinski definition) is 3. The summed E-state index contributed by atoms with van der Waals surface area (Å²) in [6.45, 7) is 12.6. The lowest BCUT2D eigenvalue weighted by Gasteiger charge is -2.30. The van der Waals surface area contributed by atoms with Gasteiger partial charge in [0.1, 0.15) is 5.75 Å². The van der Waals surface area contributed by atoms with E-state index in [1.807, 2.05) is 63.1 Å². The molecule has 0 radical (unpaired) electrons. The van der Waals surface area contributed by atoms with E-state index < -0.39 is 0 Å². The minimum atomic E-state index is -0.133. The van der Waals surface area contributed by atoms with Crippen molar-refractivity contribution in [2.45, 2.75) is 33.2 Å². The third-order valence-corrected chi connectivity index (χ3v) is 3.84. The number of carbonyl (C=O) groups excluding carboxylic acids is 1. The predicted octanol–water partition coefficient (Wildman–Crippen LogP) is 3.20. The zero-order valence-corrected chi connectivity index (χ0v) is 14.9. The molecule has 1 aromatic carbocycles. The lowest BCUT2D eigenvalue weighted by molar-refractivity contribution is -0.135. The Morgan fingerprint density at radius 2 is 1.96 bits per heavy atom. The maximum Gasteiger partial charge on any atom is 0.239 e. The van der Waals surface area contributed by atoms with Crippen molar-refractivity contribution in [1.29, 1.82) is 0 Å². The van der Waals surface area contributed by atoms with E-state index in [0.29, 0.717) is 19.7 Å². The van der Waals surface area contributed by atoms with Crippen molar-refractivity contribution < 1.29 is 9.53 Å². The van der Waals surface area contributed by atoms with Crippen LogP contribution in [0, 0.1) is 0 Å². The molecule has 1 rings (SSSR count). The summed E-state index contributed by atoms with van der Waals surface area (Å²) in [7, 11) is 1.99. The van der Waals surface area contributed by atoms with Gasteiger partial charge < -0.3 is 9.64 Å². The van der Waals surface area contributed by atoms with Gasteiger partial charge in [-0.05, 0) is 46.4 Å². The van der Waals surface area contributed by atoms with E-state index >= 15 is 0 Å². The fourth-order valence-corrected chi connectivity index (χ4v) is 2.34. The molecule has 0 aliphatic heterocycles. The Morgan fingerprint density at radius 1 is 1.30 bits per heavy atom. The van der Waals surface area contributed by atoms with E-state index in [0.717, 1.165) is 24.3 Å². The maximum atomic E-state index is 12.5. The molecule has 0 aliphatic rings. The van der Waals surface area contributed by atoms with Crippen LogP contribution in [0.5, 0.6) is 5.75 Å². The number of amides is 1. The van der Waals surface area contributed by atoms with Gasteiger partial charge in [-0.3, -0.25) is 9.69 Å². The molecule has 4 heteroatoms. The number of likely N-dealkylation sites (N-methyl/N-ethyl adjacent to an activating group) is 2. The second-order valence-corrected chi connectivity index (χ2v) is 5.98. The Hall–Kier alpha value is -1.81. The molecule has 128 valence electrons. The molecule has 0 N–H and O–H groups in total. The molecule has 0 bridgehead atoms. The van der Waals surface area contributed by atoms with E-state index in [1.54, 1.807) is 0 Å². The molecule has 0 aliphatic carbocycles. The van der Waals surface area contributed by atoms with E-state index in [-0.39, 0.29) is 11.9 Å². The van der Waals surface area contributed by atoms with Gasteiger partial charge in [-0.15, -0.1) is 0 Å². The first-order valence-electron chi connectivity index (χ1n) is 8.27. The van der Waals surface area contributed by atoms with Gasteiger partial charge in [-0.2, -0.15) is 0 Å². The number of benzene rings is 1. The van der Waals surface area contributed by atoms with Gasteiger partial charge >= 0.3 is 0 Å². The quantitative estimate of drug-likeness (QED) is 0.490. The van der Waals surface area contributed by atoms with Crippen LogP contribution in [0.1, 0.15) is 27.2 Å². The first kappa shape index (κ1) is 19.2. The molecule has 23 heavy (non-hydrogen) atoms. The summed E-state index contributed by atoms with van der Waals surface area (Å²) < 4.78 is 5.68. The molecule has 0 saturated carbocycles. The molecule has 1 unspecified atom stereocenters. The summed E-state index contributed by atoms with van der Waals surface area (Å²) in [6.07, 6.45) is 0.885. The lowest BCUT2D eigenvalue weighted by Crippen LogP contribution is -2.46. The molecule has 1 amide bonds. The highest BCUT2D eigenvalue weighted by atomic mass is 16.5. The summed E-state index contributed by atoms with van der Waals surface area (Å²) in [4.78, 5) is 16.4. The van der Waals surface area contributed by atoms with Crippen LogP contribution in [-0.2, 0) is 4.79 Å². The zero-order valence-electron chi connectivity index (χ0n) is 14.9. The maximum absolute atomic E-state index is 12.5. The fraction of sp³-hybridized carbons (Fsp3) is 0.526. The lowest BCUT2D eigenvalue weighted by atomic mass is 10.2. The normalized spacial score (nSPS) is 12.0. The van der Waals surface area contributed by atoms with Crippen LogP contribution in [0.25, 0.3) is 0 Å². The summed E-state index contributed by atoms with van der Waals surface area (Å²) >= 11 is 0. The van der Waals surface area contributed by atoms with Crippen molar-refractivity contribution in [1.82, 2.24) is 9.80 Å². The highest BCUT2D eigenvalue weighted by Gasteiger charge is 2.22. The van der Waals surface area contributed by atoms with Gasteiger partial charge in [0.2, 0.25) is 5.91 Å². The summed E-state index contributed by atoms with van der Waals surface area (Å²) in [5.74, 6) is 1.04. The Kier molecular flexibility index (Phi) is 8.41. The van der Waals surface area contributed by atoms with E-state index in [9.17, 15) is 4.79 Å². The first-order chi connectivity index (χ1) is 11.0. The van der Waals surface area contributed by atoms with Gasteiger partial charge in [-0.25, -0.2) is 0 Å². The SMILES string of the molecule is C=C(C)CN(CC)C(=O)C(C)N(C)CCCOc1ccccc1. The van der Waals surface area contributed by atoms with Crippen molar-refractivity contribution >= 4 is 5.91 Å². The summed E-state index contributed by atoms with van der Waals surface area (Å²) in [5, 5.41) is 0. The molecular weight excluding hydrogens is 288 g/mol.